The van der Waals surface area contributed by atoms with Crippen LogP contribution in [0.1, 0.15) is 69.9 Å². The molecule has 1 N–H and O–H groups in total. The molecule has 44 heavy (non-hydrogen) atoms. The number of likely N-dealkylation sites (tertiary alicyclic amines) is 1. The number of hydrogen-bond donors (Lipinski definition) is 1. The van der Waals surface area contributed by atoms with Crippen molar-refractivity contribution in [2.75, 3.05) is 13.2 Å². The average molecular weight is 615 g/mol. The van der Waals surface area contributed by atoms with Crippen LogP contribution in [-0.4, -0.2) is 58.1 Å². The molecule has 1 aromatic heterocycles. The molecule has 1 aliphatic rings. The van der Waals surface area contributed by atoms with Crippen LogP contribution in [0.4, 0.5) is 18.0 Å². The Morgan fingerprint density at radius 1 is 1.07 bits per heavy atom. The SMILES string of the molecule is C[C@H](NC(=O)[C@H]1C[C@@H](c2ccccc2)CCN1C(=O)OCC(C)(C)C)C(=O)CCc1ccc(-c2noc(C(F)(F)F)n2)cc1. The maximum atomic E-state index is 13.5. The van der Waals surface area contributed by atoms with Gasteiger partial charge in [0, 0.05) is 18.5 Å². The van der Waals surface area contributed by atoms with Gasteiger partial charge in [0.15, 0.2) is 5.78 Å². The van der Waals surface area contributed by atoms with E-state index >= 15 is 0 Å². The van der Waals surface area contributed by atoms with Gasteiger partial charge >= 0.3 is 18.2 Å². The van der Waals surface area contributed by atoms with E-state index in [9.17, 15) is 27.6 Å². The van der Waals surface area contributed by atoms with Crippen LogP contribution >= 0.6 is 0 Å². The molecule has 0 unspecified atom stereocenters. The third-order valence-corrected chi connectivity index (χ3v) is 7.42. The summed E-state index contributed by atoms with van der Waals surface area (Å²) in [5.41, 5.74) is 1.96. The van der Waals surface area contributed by atoms with Crippen LogP contribution in [0.3, 0.4) is 0 Å². The van der Waals surface area contributed by atoms with Crippen molar-refractivity contribution in [1.82, 2.24) is 20.4 Å². The van der Waals surface area contributed by atoms with Gasteiger partial charge in [-0.25, -0.2) is 4.79 Å². The van der Waals surface area contributed by atoms with Crippen LogP contribution < -0.4 is 5.32 Å². The van der Waals surface area contributed by atoms with Gasteiger partial charge in [-0.15, -0.1) is 0 Å². The monoisotopic (exact) mass is 614 g/mol. The molecule has 3 atom stereocenters. The minimum Gasteiger partial charge on any atom is -0.449 e. The van der Waals surface area contributed by atoms with E-state index in [0.717, 1.165) is 11.1 Å². The van der Waals surface area contributed by atoms with E-state index in [1.54, 1.807) is 31.2 Å². The second-order valence-corrected chi connectivity index (χ2v) is 12.3. The quantitative estimate of drug-likeness (QED) is 0.306. The summed E-state index contributed by atoms with van der Waals surface area (Å²) in [6.45, 7) is 8.02. The largest absolute Gasteiger partial charge is 0.471 e. The number of alkyl halides is 3. The summed E-state index contributed by atoms with van der Waals surface area (Å²) in [6, 6.07) is 14.7. The first-order valence-corrected chi connectivity index (χ1v) is 14.5. The van der Waals surface area contributed by atoms with Crippen molar-refractivity contribution in [1.29, 1.82) is 0 Å². The summed E-state index contributed by atoms with van der Waals surface area (Å²) in [5, 5.41) is 6.18. The van der Waals surface area contributed by atoms with E-state index in [0.29, 0.717) is 31.4 Å². The van der Waals surface area contributed by atoms with Crippen LogP contribution in [0.2, 0.25) is 0 Å². The van der Waals surface area contributed by atoms with Crippen LogP contribution in [0.25, 0.3) is 11.4 Å². The van der Waals surface area contributed by atoms with Gasteiger partial charge in [0.25, 0.3) is 0 Å². The Labute approximate surface area is 254 Å². The standard InChI is InChI=1S/C32H37F3N4O5/c1-20(26(40)15-12-21-10-13-23(14-11-21)27-37-29(44-38-27)32(33,34)35)36-28(41)25-18-24(22-8-6-5-7-9-22)16-17-39(25)30(42)43-19-31(2,3)4/h5-11,13-14,20,24-25H,12,15-19H2,1-4H3,(H,36,41)/t20-,24-,25+/m0/s1. The van der Waals surface area contributed by atoms with Crippen LogP contribution in [0.5, 0.6) is 0 Å². The van der Waals surface area contributed by atoms with Crippen molar-refractivity contribution < 1.29 is 36.8 Å². The van der Waals surface area contributed by atoms with Crippen molar-refractivity contribution in [3.63, 3.8) is 0 Å². The molecule has 12 heteroatoms. The number of halogens is 3. The smallest absolute Gasteiger partial charge is 0.449 e. The van der Waals surface area contributed by atoms with E-state index in [-0.39, 0.29) is 36.0 Å². The van der Waals surface area contributed by atoms with Crippen molar-refractivity contribution in [2.45, 2.75) is 77.6 Å². The topological polar surface area (TPSA) is 115 Å². The third kappa shape index (κ3) is 8.67. The summed E-state index contributed by atoms with van der Waals surface area (Å²) in [6.07, 6.45) is -3.73. The fourth-order valence-corrected chi connectivity index (χ4v) is 4.97. The van der Waals surface area contributed by atoms with Crippen molar-refractivity contribution >= 4 is 17.8 Å². The first kappa shape index (κ1) is 32.7. The number of amides is 2. The maximum absolute atomic E-state index is 13.5. The lowest BCUT2D eigenvalue weighted by atomic mass is 9.85. The number of carbonyl (C=O) groups excluding carboxylic acids is 3. The average Bonchev–Trinajstić information content (AvgIpc) is 3.50. The second-order valence-electron chi connectivity index (χ2n) is 12.3. The molecule has 1 aliphatic heterocycles. The van der Waals surface area contributed by atoms with Crippen LogP contribution in [0.15, 0.2) is 59.1 Å². The number of piperidine rings is 1. The fourth-order valence-electron chi connectivity index (χ4n) is 4.97. The number of rotatable bonds is 9. The van der Waals surface area contributed by atoms with Gasteiger partial charge in [0.05, 0.1) is 12.6 Å². The number of nitrogens with one attached hydrogen (secondary N) is 1. The first-order valence-electron chi connectivity index (χ1n) is 14.5. The Morgan fingerprint density at radius 2 is 1.75 bits per heavy atom. The molecular formula is C32H37F3N4O5. The molecular weight excluding hydrogens is 577 g/mol. The second kappa shape index (κ2) is 13.6. The summed E-state index contributed by atoms with van der Waals surface area (Å²) in [5.74, 6) is -2.16. The van der Waals surface area contributed by atoms with E-state index in [1.807, 2.05) is 51.1 Å². The Bertz CT molecular complexity index is 1430. The summed E-state index contributed by atoms with van der Waals surface area (Å²) in [7, 11) is 0. The van der Waals surface area contributed by atoms with Crippen LogP contribution in [-0.2, 0) is 26.9 Å². The van der Waals surface area contributed by atoms with E-state index < -0.39 is 36.2 Å². The van der Waals surface area contributed by atoms with Crippen molar-refractivity contribution in [3.05, 3.63) is 71.6 Å². The number of benzene rings is 2. The van der Waals surface area contributed by atoms with Gasteiger partial charge < -0.3 is 14.6 Å². The number of nitrogens with zero attached hydrogens (tertiary/aromatic N) is 3. The molecule has 0 saturated carbocycles. The van der Waals surface area contributed by atoms with Gasteiger partial charge in [0.2, 0.25) is 11.7 Å². The zero-order chi connectivity index (χ0) is 32.1. The lowest BCUT2D eigenvalue weighted by Gasteiger charge is -2.38. The fraction of sp³-hybridized carbons (Fsp3) is 0.469. The summed E-state index contributed by atoms with van der Waals surface area (Å²) in [4.78, 5) is 44.4. The molecule has 0 spiro atoms. The van der Waals surface area contributed by atoms with E-state index in [2.05, 4.69) is 20.0 Å². The lowest BCUT2D eigenvalue weighted by Crippen LogP contribution is -2.55. The molecule has 0 bridgehead atoms. The summed E-state index contributed by atoms with van der Waals surface area (Å²) < 4.78 is 48.0. The Hall–Kier alpha value is -4.22. The zero-order valence-corrected chi connectivity index (χ0v) is 25.2. The van der Waals surface area contributed by atoms with Crippen molar-refractivity contribution in [3.8, 4) is 11.4 Å². The van der Waals surface area contributed by atoms with Crippen molar-refractivity contribution in [2.24, 2.45) is 5.41 Å². The normalized spacial score (nSPS) is 18.0. The molecule has 0 aliphatic carbocycles. The van der Waals surface area contributed by atoms with Gasteiger partial charge in [-0.2, -0.15) is 18.2 Å². The van der Waals surface area contributed by atoms with Gasteiger partial charge in [-0.1, -0.05) is 80.5 Å². The number of aromatic nitrogens is 2. The molecule has 4 rings (SSSR count). The minimum absolute atomic E-state index is 0.0695. The molecule has 2 aromatic carbocycles. The number of carbonyl (C=O) groups is 3. The number of aryl methyl sites for hydroxylation is 1. The van der Waals surface area contributed by atoms with Gasteiger partial charge in [0.1, 0.15) is 6.04 Å². The predicted octanol–water partition coefficient (Wildman–Crippen LogP) is 6.19. The molecule has 9 nitrogen and oxygen atoms in total. The highest BCUT2D eigenvalue weighted by Gasteiger charge is 2.39. The number of ether oxygens (including phenoxy) is 1. The van der Waals surface area contributed by atoms with Gasteiger partial charge in [-0.05, 0) is 48.6 Å². The maximum Gasteiger partial charge on any atom is 0.471 e. The lowest BCUT2D eigenvalue weighted by molar-refractivity contribution is -0.159. The number of ketones is 1. The third-order valence-electron chi connectivity index (χ3n) is 7.42. The molecule has 1 saturated heterocycles. The highest BCUT2D eigenvalue weighted by Crippen LogP contribution is 2.33. The molecule has 236 valence electrons. The van der Waals surface area contributed by atoms with E-state index in [4.69, 9.17) is 4.74 Å². The molecule has 1 fully saturated rings. The van der Waals surface area contributed by atoms with E-state index in [1.165, 1.54) is 4.90 Å². The van der Waals surface area contributed by atoms with Crippen LogP contribution in [0, 0.1) is 5.41 Å². The first-order chi connectivity index (χ1) is 20.7. The molecule has 0 radical (unpaired) electrons. The predicted molar refractivity (Wildman–Crippen MR) is 155 cm³/mol. The molecule has 3 aromatic rings. The highest BCUT2D eigenvalue weighted by molar-refractivity contribution is 5.92. The highest BCUT2D eigenvalue weighted by atomic mass is 19.4. The molecule has 2 amide bonds. The Morgan fingerprint density at radius 3 is 2.36 bits per heavy atom. The number of hydrogen-bond acceptors (Lipinski definition) is 7. The zero-order valence-electron chi connectivity index (χ0n) is 25.2. The minimum atomic E-state index is -4.73. The Balaban J connectivity index is 1.36. The Kier molecular flexibility index (Phi) is 10.1. The van der Waals surface area contributed by atoms with Gasteiger partial charge in [-0.3, -0.25) is 14.5 Å². The summed E-state index contributed by atoms with van der Waals surface area (Å²) >= 11 is 0. The number of Topliss-reactive ketones (excluding diaryl/α,β-unsaturated/α-hetero) is 1. The molecule has 2 heterocycles.